The Bertz CT molecular complexity index is 908. The van der Waals surface area contributed by atoms with Crippen LogP contribution in [0.15, 0.2) is 36.4 Å². The second kappa shape index (κ2) is 6.51. The summed E-state index contributed by atoms with van der Waals surface area (Å²) in [6.07, 6.45) is -1.18. The quantitative estimate of drug-likeness (QED) is 0.649. The van der Waals surface area contributed by atoms with Gasteiger partial charge in [-0.25, -0.2) is 9.59 Å². The summed E-state index contributed by atoms with van der Waals surface area (Å²) in [7, 11) is 1.61. The summed E-state index contributed by atoms with van der Waals surface area (Å²) in [5, 5.41) is 12.6. The summed E-state index contributed by atoms with van der Waals surface area (Å²) in [5.74, 6) is -2.10. The molecule has 2 aromatic carbocycles. The van der Waals surface area contributed by atoms with E-state index in [4.69, 9.17) is 18.9 Å². The predicted octanol–water partition coefficient (Wildman–Crippen LogP) is 2.10. The van der Waals surface area contributed by atoms with Crippen LogP contribution >= 0.6 is 0 Å². The van der Waals surface area contributed by atoms with E-state index in [1.54, 1.807) is 14.0 Å². The molecular formula is C20H20O7. The third-order valence-corrected chi connectivity index (χ3v) is 5.24. The Morgan fingerprint density at radius 2 is 2.00 bits per heavy atom. The summed E-state index contributed by atoms with van der Waals surface area (Å²) < 4.78 is 21.3. The van der Waals surface area contributed by atoms with Crippen molar-refractivity contribution in [3.63, 3.8) is 0 Å². The number of hydrogen-bond acceptors (Lipinski definition) is 7. The first-order valence-electron chi connectivity index (χ1n) is 8.82. The SMILES string of the molecule is CCOC(=O)[C@@]1(O)C(=O)OC2O[C@H](c3ccc(OC)c4ccccc34)CC21. The fourth-order valence-electron chi connectivity index (χ4n) is 3.91. The van der Waals surface area contributed by atoms with Gasteiger partial charge in [0.25, 0.3) is 5.60 Å². The highest BCUT2D eigenvalue weighted by Crippen LogP contribution is 2.49. The molecule has 0 bridgehead atoms. The molecule has 0 radical (unpaired) electrons. The van der Waals surface area contributed by atoms with Gasteiger partial charge in [-0.05, 0) is 30.4 Å². The van der Waals surface area contributed by atoms with Gasteiger partial charge in [-0.3, -0.25) is 0 Å². The standard InChI is InChI=1S/C20H20O7/c1-3-25-18(21)20(23)14-10-16(26-17(14)27-19(20)22)13-8-9-15(24-2)12-7-5-4-6-11(12)13/h4-9,14,16-17,23H,3,10H2,1-2H3/t14?,16-,17?,20+/m0/s1. The Kier molecular flexibility index (Phi) is 4.28. The van der Waals surface area contributed by atoms with E-state index in [2.05, 4.69) is 0 Å². The Labute approximate surface area is 155 Å². The predicted molar refractivity (Wildman–Crippen MR) is 93.9 cm³/mol. The minimum atomic E-state index is -2.34. The number of rotatable bonds is 4. The van der Waals surface area contributed by atoms with Crippen LogP contribution in [0.25, 0.3) is 10.8 Å². The van der Waals surface area contributed by atoms with Crippen molar-refractivity contribution in [3.05, 3.63) is 42.0 Å². The van der Waals surface area contributed by atoms with Crippen LogP contribution in [-0.4, -0.2) is 42.7 Å². The molecule has 0 aromatic heterocycles. The maximum Gasteiger partial charge on any atom is 0.352 e. The third-order valence-electron chi connectivity index (χ3n) is 5.24. The molecule has 0 amide bonds. The molecule has 2 heterocycles. The Morgan fingerprint density at radius 1 is 1.26 bits per heavy atom. The second-order valence-corrected chi connectivity index (χ2v) is 6.63. The van der Waals surface area contributed by atoms with Crippen molar-refractivity contribution in [2.24, 2.45) is 5.92 Å². The van der Waals surface area contributed by atoms with Crippen LogP contribution < -0.4 is 4.74 Å². The van der Waals surface area contributed by atoms with Crippen molar-refractivity contribution in [2.75, 3.05) is 13.7 Å². The molecule has 2 unspecified atom stereocenters. The van der Waals surface area contributed by atoms with E-state index in [1.165, 1.54) is 0 Å². The zero-order valence-electron chi connectivity index (χ0n) is 15.0. The van der Waals surface area contributed by atoms with Crippen molar-refractivity contribution in [1.29, 1.82) is 0 Å². The zero-order chi connectivity index (χ0) is 19.2. The normalized spacial score (nSPS) is 29.4. The summed E-state index contributed by atoms with van der Waals surface area (Å²) in [6, 6.07) is 11.5. The lowest BCUT2D eigenvalue weighted by Crippen LogP contribution is -2.50. The van der Waals surface area contributed by atoms with E-state index in [0.717, 1.165) is 22.1 Å². The minimum Gasteiger partial charge on any atom is -0.496 e. The summed E-state index contributed by atoms with van der Waals surface area (Å²) in [4.78, 5) is 24.3. The second-order valence-electron chi connectivity index (χ2n) is 6.63. The van der Waals surface area contributed by atoms with Crippen molar-refractivity contribution in [3.8, 4) is 5.75 Å². The van der Waals surface area contributed by atoms with Crippen molar-refractivity contribution in [2.45, 2.75) is 31.3 Å². The van der Waals surface area contributed by atoms with Gasteiger partial charge >= 0.3 is 11.9 Å². The number of hydrogen-bond donors (Lipinski definition) is 1. The van der Waals surface area contributed by atoms with Gasteiger partial charge in [0.05, 0.1) is 25.7 Å². The number of methoxy groups -OCH3 is 1. The first kappa shape index (κ1) is 17.8. The van der Waals surface area contributed by atoms with Gasteiger partial charge in [-0.2, -0.15) is 0 Å². The molecule has 7 heteroatoms. The van der Waals surface area contributed by atoms with Crippen molar-refractivity contribution < 1.29 is 33.6 Å². The van der Waals surface area contributed by atoms with Crippen LogP contribution in [0.3, 0.4) is 0 Å². The van der Waals surface area contributed by atoms with Gasteiger partial charge in [-0.15, -0.1) is 0 Å². The molecule has 2 aliphatic rings. The lowest BCUT2D eigenvalue weighted by molar-refractivity contribution is -0.180. The molecule has 2 aliphatic heterocycles. The average molecular weight is 372 g/mol. The van der Waals surface area contributed by atoms with E-state index in [0.29, 0.717) is 0 Å². The fraction of sp³-hybridized carbons (Fsp3) is 0.400. The van der Waals surface area contributed by atoms with Crippen molar-refractivity contribution >= 4 is 22.7 Å². The highest BCUT2D eigenvalue weighted by molar-refractivity contribution is 6.05. The summed E-state index contributed by atoms with van der Waals surface area (Å²) in [6.45, 7) is 1.66. The van der Waals surface area contributed by atoms with Gasteiger partial charge in [0.15, 0.2) is 0 Å². The van der Waals surface area contributed by atoms with E-state index in [1.807, 2.05) is 36.4 Å². The molecular weight excluding hydrogens is 352 g/mol. The topological polar surface area (TPSA) is 91.3 Å². The number of fused-ring (bicyclic) bond motifs is 2. The number of aliphatic hydroxyl groups is 1. The van der Waals surface area contributed by atoms with E-state index in [9.17, 15) is 14.7 Å². The zero-order valence-corrected chi connectivity index (χ0v) is 15.0. The Morgan fingerprint density at radius 3 is 2.70 bits per heavy atom. The number of carbonyl (C=O) groups excluding carboxylic acids is 2. The lowest BCUT2D eigenvalue weighted by Gasteiger charge is -2.22. The monoisotopic (exact) mass is 372 g/mol. The molecule has 4 atom stereocenters. The highest BCUT2D eigenvalue weighted by atomic mass is 16.7. The first-order chi connectivity index (χ1) is 13.0. The third kappa shape index (κ3) is 2.57. The van der Waals surface area contributed by atoms with E-state index in [-0.39, 0.29) is 13.0 Å². The maximum absolute atomic E-state index is 12.2. The smallest absolute Gasteiger partial charge is 0.352 e. The van der Waals surface area contributed by atoms with Gasteiger partial charge in [0.1, 0.15) is 5.75 Å². The molecule has 2 aromatic rings. The number of benzene rings is 2. The van der Waals surface area contributed by atoms with Gasteiger partial charge in [-0.1, -0.05) is 30.3 Å². The van der Waals surface area contributed by atoms with E-state index < -0.39 is 35.9 Å². The van der Waals surface area contributed by atoms with Crippen LogP contribution in [0.2, 0.25) is 0 Å². The molecule has 1 N–H and O–H groups in total. The van der Waals surface area contributed by atoms with Gasteiger partial charge in [0.2, 0.25) is 6.29 Å². The number of carbonyl (C=O) groups is 2. The average Bonchev–Trinajstić information content (AvgIpc) is 3.19. The molecule has 142 valence electrons. The fourth-order valence-corrected chi connectivity index (χ4v) is 3.91. The minimum absolute atomic E-state index is 0.0548. The van der Waals surface area contributed by atoms with Gasteiger partial charge in [0, 0.05) is 5.39 Å². The maximum atomic E-state index is 12.2. The van der Waals surface area contributed by atoms with Crippen LogP contribution in [0.1, 0.15) is 25.0 Å². The van der Waals surface area contributed by atoms with E-state index >= 15 is 0 Å². The Hall–Kier alpha value is -2.64. The molecule has 27 heavy (non-hydrogen) atoms. The largest absolute Gasteiger partial charge is 0.496 e. The summed E-state index contributed by atoms with van der Waals surface area (Å²) >= 11 is 0. The lowest BCUT2D eigenvalue weighted by atomic mass is 9.85. The molecule has 0 aliphatic carbocycles. The van der Waals surface area contributed by atoms with Crippen molar-refractivity contribution in [1.82, 2.24) is 0 Å². The Balaban J connectivity index is 1.69. The molecule has 7 nitrogen and oxygen atoms in total. The molecule has 2 fully saturated rings. The summed E-state index contributed by atoms with van der Waals surface area (Å²) in [5.41, 5.74) is -1.46. The van der Waals surface area contributed by atoms with Crippen LogP contribution in [0.4, 0.5) is 0 Å². The van der Waals surface area contributed by atoms with Gasteiger partial charge < -0.3 is 24.1 Å². The number of esters is 2. The van der Waals surface area contributed by atoms with Crippen LogP contribution in [0, 0.1) is 5.92 Å². The number of ether oxygens (including phenoxy) is 4. The molecule has 0 spiro atoms. The molecule has 4 rings (SSSR count). The van der Waals surface area contributed by atoms with Crippen LogP contribution in [-0.2, 0) is 23.8 Å². The highest BCUT2D eigenvalue weighted by Gasteiger charge is 2.66. The molecule has 0 saturated carbocycles. The first-order valence-corrected chi connectivity index (χ1v) is 8.82. The molecule has 2 saturated heterocycles. The van der Waals surface area contributed by atoms with Crippen LogP contribution in [0.5, 0.6) is 5.75 Å².